The van der Waals surface area contributed by atoms with Gasteiger partial charge in [-0.1, -0.05) is 19.1 Å². The molecule has 1 N–H and O–H groups in total. The van der Waals surface area contributed by atoms with Gasteiger partial charge in [-0.3, -0.25) is 4.90 Å². The molecule has 0 bridgehead atoms. The molecule has 0 amide bonds. The summed E-state index contributed by atoms with van der Waals surface area (Å²) in [6.45, 7) is 14.3. The van der Waals surface area contributed by atoms with E-state index in [2.05, 4.69) is 30.6 Å². The smallest absolute Gasteiger partial charge is 0.0187 e. The highest BCUT2D eigenvalue weighted by Gasteiger charge is 2.14. The lowest BCUT2D eigenvalue weighted by atomic mass is 10.0. The second-order valence-electron chi connectivity index (χ2n) is 4.83. The van der Waals surface area contributed by atoms with E-state index >= 15 is 0 Å². The van der Waals surface area contributed by atoms with Crippen LogP contribution in [-0.4, -0.2) is 37.6 Å². The molecule has 0 aromatic carbocycles. The molecular formula is C13H26N2. The zero-order valence-electron chi connectivity index (χ0n) is 10.4. The van der Waals surface area contributed by atoms with Crippen molar-refractivity contribution in [2.45, 2.75) is 33.1 Å². The summed E-state index contributed by atoms with van der Waals surface area (Å²) in [5.74, 6) is 0.938. The number of likely N-dealkylation sites (N-methyl/N-ethyl adjacent to an activating group) is 1. The third-order valence-corrected chi connectivity index (χ3v) is 3.19. The summed E-state index contributed by atoms with van der Waals surface area (Å²) in [6.07, 6.45) is 4.11. The predicted octanol–water partition coefficient (Wildman–Crippen LogP) is 2.27. The van der Waals surface area contributed by atoms with Crippen LogP contribution in [0.5, 0.6) is 0 Å². The standard InChI is InChI=1S/C13H26N2/c1-4-15(11-12(2)3)9-5-6-13-7-8-14-10-13/h13-14H,2,4-11H2,1,3H3. The van der Waals surface area contributed by atoms with Crippen LogP contribution < -0.4 is 5.32 Å². The van der Waals surface area contributed by atoms with E-state index < -0.39 is 0 Å². The molecule has 1 aliphatic rings. The van der Waals surface area contributed by atoms with Crippen molar-refractivity contribution in [3.05, 3.63) is 12.2 Å². The van der Waals surface area contributed by atoms with Gasteiger partial charge < -0.3 is 5.32 Å². The monoisotopic (exact) mass is 210 g/mol. The normalized spacial score (nSPS) is 21.1. The second-order valence-corrected chi connectivity index (χ2v) is 4.83. The van der Waals surface area contributed by atoms with Gasteiger partial charge in [-0.05, 0) is 58.3 Å². The van der Waals surface area contributed by atoms with Crippen LogP contribution in [-0.2, 0) is 0 Å². The van der Waals surface area contributed by atoms with Crippen molar-refractivity contribution in [2.24, 2.45) is 5.92 Å². The molecule has 0 aliphatic carbocycles. The van der Waals surface area contributed by atoms with Crippen LogP contribution in [0, 0.1) is 5.92 Å². The van der Waals surface area contributed by atoms with Crippen LogP contribution in [0.15, 0.2) is 12.2 Å². The molecule has 1 heterocycles. The molecule has 0 aromatic heterocycles. The lowest BCUT2D eigenvalue weighted by molar-refractivity contribution is 0.296. The number of hydrogen-bond donors (Lipinski definition) is 1. The Morgan fingerprint density at radius 3 is 2.87 bits per heavy atom. The highest BCUT2D eigenvalue weighted by atomic mass is 15.1. The predicted molar refractivity (Wildman–Crippen MR) is 67.1 cm³/mol. The molecule has 1 atom stereocenters. The Hall–Kier alpha value is -0.340. The zero-order valence-corrected chi connectivity index (χ0v) is 10.4. The average molecular weight is 210 g/mol. The van der Waals surface area contributed by atoms with Gasteiger partial charge >= 0.3 is 0 Å². The molecule has 88 valence electrons. The van der Waals surface area contributed by atoms with Crippen LogP contribution in [0.25, 0.3) is 0 Å². The summed E-state index contributed by atoms with van der Waals surface area (Å²) in [6, 6.07) is 0. The van der Waals surface area contributed by atoms with Crippen molar-refractivity contribution in [3.8, 4) is 0 Å². The number of rotatable bonds is 7. The number of nitrogens with zero attached hydrogens (tertiary/aromatic N) is 1. The number of hydrogen-bond acceptors (Lipinski definition) is 2. The van der Waals surface area contributed by atoms with Crippen molar-refractivity contribution in [2.75, 3.05) is 32.7 Å². The molecule has 1 saturated heterocycles. The highest BCUT2D eigenvalue weighted by molar-refractivity contribution is 4.91. The van der Waals surface area contributed by atoms with Crippen molar-refractivity contribution in [1.82, 2.24) is 10.2 Å². The maximum absolute atomic E-state index is 3.98. The molecule has 0 radical (unpaired) electrons. The van der Waals surface area contributed by atoms with Crippen molar-refractivity contribution in [3.63, 3.8) is 0 Å². The van der Waals surface area contributed by atoms with Crippen LogP contribution in [0.4, 0.5) is 0 Å². The fourth-order valence-electron chi connectivity index (χ4n) is 2.30. The zero-order chi connectivity index (χ0) is 11.1. The molecule has 0 saturated carbocycles. The highest BCUT2D eigenvalue weighted by Crippen LogP contribution is 2.14. The Morgan fingerprint density at radius 1 is 1.53 bits per heavy atom. The van der Waals surface area contributed by atoms with E-state index in [4.69, 9.17) is 0 Å². The van der Waals surface area contributed by atoms with Crippen LogP contribution in [0.2, 0.25) is 0 Å². The van der Waals surface area contributed by atoms with Gasteiger partial charge in [-0.25, -0.2) is 0 Å². The third kappa shape index (κ3) is 5.33. The first-order valence-electron chi connectivity index (χ1n) is 6.29. The fraction of sp³-hybridized carbons (Fsp3) is 0.846. The van der Waals surface area contributed by atoms with E-state index in [1.54, 1.807) is 0 Å². The summed E-state index contributed by atoms with van der Waals surface area (Å²) in [4.78, 5) is 2.49. The van der Waals surface area contributed by atoms with Gasteiger partial charge in [-0.15, -0.1) is 0 Å². The number of nitrogens with one attached hydrogen (secondary N) is 1. The fourth-order valence-corrected chi connectivity index (χ4v) is 2.30. The van der Waals surface area contributed by atoms with Crippen molar-refractivity contribution < 1.29 is 0 Å². The Bertz CT molecular complexity index is 183. The topological polar surface area (TPSA) is 15.3 Å². The molecule has 1 aliphatic heterocycles. The molecule has 1 rings (SSSR count). The minimum atomic E-state index is 0.938. The molecule has 0 aromatic rings. The minimum Gasteiger partial charge on any atom is -0.316 e. The Labute approximate surface area is 94.7 Å². The van der Waals surface area contributed by atoms with Crippen molar-refractivity contribution >= 4 is 0 Å². The average Bonchev–Trinajstić information content (AvgIpc) is 2.68. The summed E-state index contributed by atoms with van der Waals surface area (Å²) in [5.41, 5.74) is 1.28. The van der Waals surface area contributed by atoms with Gasteiger partial charge in [0.1, 0.15) is 0 Å². The van der Waals surface area contributed by atoms with E-state index in [1.165, 1.54) is 44.5 Å². The van der Waals surface area contributed by atoms with Gasteiger partial charge in [0.25, 0.3) is 0 Å². The van der Waals surface area contributed by atoms with E-state index in [-0.39, 0.29) is 0 Å². The van der Waals surface area contributed by atoms with Crippen molar-refractivity contribution in [1.29, 1.82) is 0 Å². The lowest BCUT2D eigenvalue weighted by Gasteiger charge is -2.21. The molecule has 1 fully saturated rings. The molecule has 15 heavy (non-hydrogen) atoms. The van der Waals surface area contributed by atoms with Crippen LogP contribution in [0.1, 0.15) is 33.1 Å². The summed E-state index contributed by atoms with van der Waals surface area (Å²) >= 11 is 0. The Morgan fingerprint density at radius 2 is 2.33 bits per heavy atom. The van der Waals surface area contributed by atoms with Gasteiger partial charge in [0.2, 0.25) is 0 Å². The SMILES string of the molecule is C=C(C)CN(CC)CCCC1CCNC1. The summed E-state index contributed by atoms with van der Waals surface area (Å²) < 4.78 is 0. The first kappa shape index (κ1) is 12.7. The van der Waals surface area contributed by atoms with Crippen LogP contribution in [0.3, 0.4) is 0 Å². The first-order valence-corrected chi connectivity index (χ1v) is 6.29. The van der Waals surface area contributed by atoms with E-state index in [9.17, 15) is 0 Å². The van der Waals surface area contributed by atoms with Gasteiger partial charge in [0.15, 0.2) is 0 Å². The summed E-state index contributed by atoms with van der Waals surface area (Å²) in [5, 5.41) is 3.43. The Balaban J connectivity index is 2.07. The molecule has 1 unspecified atom stereocenters. The van der Waals surface area contributed by atoms with E-state index in [0.29, 0.717) is 0 Å². The largest absolute Gasteiger partial charge is 0.316 e. The van der Waals surface area contributed by atoms with E-state index in [0.717, 1.165) is 19.0 Å². The minimum absolute atomic E-state index is 0.938. The molecule has 0 spiro atoms. The summed E-state index contributed by atoms with van der Waals surface area (Å²) in [7, 11) is 0. The maximum Gasteiger partial charge on any atom is 0.0187 e. The van der Waals surface area contributed by atoms with Gasteiger partial charge in [0.05, 0.1) is 0 Å². The quantitative estimate of drug-likeness (QED) is 0.649. The van der Waals surface area contributed by atoms with Gasteiger partial charge in [-0.2, -0.15) is 0 Å². The first-order chi connectivity index (χ1) is 7.22. The van der Waals surface area contributed by atoms with Crippen LogP contribution >= 0.6 is 0 Å². The molecule has 2 heteroatoms. The van der Waals surface area contributed by atoms with Gasteiger partial charge in [0, 0.05) is 6.54 Å². The Kier molecular flexibility index (Phi) is 5.96. The molecule has 2 nitrogen and oxygen atoms in total. The third-order valence-electron chi connectivity index (χ3n) is 3.19. The van der Waals surface area contributed by atoms with E-state index in [1.807, 2.05) is 0 Å². The molecular weight excluding hydrogens is 184 g/mol. The maximum atomic E-state index is 3.98. The second kappa shape index (κ2) is 7.02. The lowest BCUT2D eigenvalue weighted by Crippen LogP contribution is -2.26.